The third-order valence-corrected chi connectivity index (χ3v) is 4.17. The van der Waals surface area contributed by atoms with Crippen LogP contribution < -0.4 is 10.6 Å². The van der Waals surface area contributed by atoms with E-state index in [2.05, 4.69) is 17.6 Å². The summed E-state index contributed by atoms with van der Waals surface area (Å²) in [4.78, 5) is 12.2. The van der Waals surface area contributed by atoms with Crippen LogP contribution in [0.3, 0.4) is 0 Å². The third-order valence-electron chi connectivity index (χ3n) is 3.47. The van der Waals surface area contributed by atoms with E-state index in [1.54, 1.807) is 0 Å². The zero-order valence-corrected chi connectivity index (χ0v) is 12.5. The largest absolute Gasteiger partial charge is 0.387 e. The number of thiophene rings is 1. The summed E-state index contributed by atoms with van der Waals surface area (Å²) >= 11 is 1.53. The normalized spacial score (nSPS) is 23.7. The Labute approximate surface area is 123 Å². The van der Waals surface area contributed by atoms with Crippen LogP contribution in [0.1, 0.15) is 25.0 Å². The summed E-state index contributed by atoms with van der Waals surface area (Å²) in [5, 5.41) is 19.9. The number of carbonyl (C=O) groups excluding carboxylic acids is 1. The highest BCUT2D eigenvalue weighted by Gasteiger charge is 2.33. The van der Waals surface area contributed by atoms with Crippen molar-refractivity contribution in [2.75, 3.05) is 26.3 Å². The van der Waals surface area contributed by atoms with Crippen LogP contribution in [0.2, 0.25) is 0 Å². The zero-order chi connectivity index (χ0) is 14.4. The molecule has 0 aliphatic carbocycles. The third kappa shape index (κ3) is 4.02. The van der Waals surface area contributed by atoms with E-state index in [0.29, 0.717) is 13.2 Å². The summed E-state index contributed by atoms with van der Waals surface area (Å²) in [7, 11) is 0. The van der Waals surface area contributed by atoms with Crippen molar-refractivity contribution >= 4 is 17.2 Å². The smallest absolute Gasteiger partial charge is 0.227 e. The molecule has 1 amide bonds. The van der Waals surface area contributed by atoms with E-state index in [-0.39, 0.29) is 24.4 Å². The molecule has 2 heterocycles. The molecular weight excluding hydrogens is 276 g/mol. The first-order chi connectivity index (χ1) is 9.72. The standard InChI is InChI=1S/C14H22N2O3S/c1-2-4-15-12-8-19-7-11(12)14(18)16-6-13(17)10-3-5-20-9-10/h3,5,9,11-13,15,17H,2,4,6-8H2,1H3,(H,16,18). The maximum Gasteiger partial charge on any atom is 0.227 e. The van der Waals surface area contributed by atoms with Crippen molar-refractivity contribution in [3.63, 3.8) is 0 Å². The van der Waals surface area contributed by atoms with Gasteiger partial charge < -0.3 is 20.5 Å². The molecule has 0 saturated carbocycles. The highest BCUT2D eigenvalue weighted by Crippen LogP contribution is 2.17. The predicted molar refractivity (Wildman–Crippen MR) is 78.7 cm³/mol. The lowest BCUT2D eigenvalue weighted by Crippen LogP contribution is -2.45. The molecule has 0 aromatic carbocycles. The molecule has 3 N–H and O–H groups in total. The van der Waals surface area contributed by atoms with Gasteiger partial charge in [0.2, 0.25) is 5.91 Å². The van der Waals surface area contributed by atoms with Crippen LogP contribution in [0, 0.1) is 5.92 Å². The molecule has 1 aromatic heterocycles. The second-order valence-corrected chi connectivity index (χ2v) is 5.80. The number of hydrogen-bond acceptors (Lipinski definition) is 5. The van der Waals surface area contributed by atoms with Gasteiger partial charge in [-0.1, -0.05) is 6.92 Å². The van der Waals surface area contributed by atoms with E-state index in [4.69, 9.17) is 4.74 Å². The number of ether oxygens (including phenoxy) is 1. The van der Waals surface area contributed by atoms with E-state index in [9.17, 15) is 9.90 Å². The van der Waals surface area contributed by atoms with Crippen molar-refractivity contribution < 1.29 is 14.6 Å². The fourth-order valence-corrected chi connectivity index (χ4v) is 2.96. The first-order valence-corrected chi connectivity index (χ1v) is 7.95. The Bertz CT molecular complexity index is 411. The Morgan fingerprint density at radius 2 is 2.45 bits per heavy atom. The lowest BCUT2D eigenvalue weighted by molar-refractivity contribution is -0.125. The van der Waals surface area contributed by atoms with Crippen molar-refractivity contribution in [3.8, 4) is 0 Å². The van der Waals surface area contributed by atoms with Crippen LogP contribution in [0.5, 0.6) is 0 Å². The number of carbonyl (C=O) groups is 1. The molecule has 5 nitrogen and oxygen atoms in total. The molecule has 0 radical (unpaired) electrons. The SMILES string of the molecule is CCCNC1COCC1C(=O)NCC(O)c1ccsc1. The molecule has 20 heavy (non-hydrogen) atoms. The molecule has 2 rings (SSSR count). The molecule has 112 valence electrons. The fourth-order valence-electron chi connectivity index (χ4n) is 2.25. The van der Waals surface area contributed by atoms with Crippen LogP contribution in [-0.4, -0.2) is 43.4 Å². The highest BCUT2D eigenvalue weighted by atomic mass is 32.1. The fraction of sp³-hybridized carbons (Fsp3) is 0.643. The second-order valence-electron chi connectivity index (χ2n) is 5.02. The molecule has 1 aromatic rings. The summed E-state index contributed by atoms with van der Waals surface area (Å²) in [5.74, 6) is -0.221. The molecule has 1 fully saturated rings. The predicted octanol–water partition coefficient (Wildman–Crippen LogP) is 0.912. The van der Waals surface area contributed by atoms with Gasteiger partial charge in [-0.15, -0.1) is 0 Å². The average molecular weight is 298 g/mol. The monoisotopic (exact) mass is 298 g/mol. The van der Waals surface area contributed by atoms with E-state index in [0.717, 1.165) is 18.5 Å². The number of aliphatic hydroxyl groups is 1. The minimum Gasteiger partial charge on any atom is -0.387 e. The van der Waals surface area contributed by atoms with Gasteiger partial charge in [-0.25, -0.2) is 0 Å². The molecule has 0 bridgehead atoms. The molecule has 3 atom stereocenters. The van der Waals surface area contributed by atoms with Gasteiger partial charge in [-0.05, 0) is 35.4 Å². The Morgan fingerprint density at radius 1 is 1.60 bits per heavy atom. The second kappa shape index (κ2) is 7.73. The van der Waals surface area contributed by atoms with Crippen molar-refractivity contribution in [1.29, 1.82) is 0 Å². The van der Waals surface area contributed by atoms with Gasteiger partial charge in [0.25, 0.3) is 0 Å². The number of nitrogens with one attached hydrogen (secondary N) is 2. The minimum absolute atomic E-state index is 0.0506. The number of hydrogen-bond donors (Lipinski definition) is 3. The van der Waals surface area contributed by atoms with E-state index in [1.165, 1.54) is 11.3 Å². The Morgan fingerprint density at radius 3 is 3.15 bits per heavy atom. The Hall–Kier alpha value is -0.950. The van der Waals surface area contributed by atoms with Gasteiger partial charge in [0.1, 0.15) is 0 Å². The van der Waals surface area contributed by atoms with E-state index < -0.39 is 6.10 Å². The topological polar surface area (TPSA) is 70.6 Å². The van der Waals surface area contributed by atoms with Crippen molar-refractivity contribution in [2.24, 2.45) is 5.92 Å². The maximum atomic E-state index is 12.2. The van der Waals surface area contributed by atoms with Gasteiger partial charge in [0.05, 0.1) is 25.2 Å². The van der Waals surface area contributed by atoms with Gasteiger partial charge in [-0.3, -0.25) is 4.79 Å². The Kier molecular flexibility index (Phi) is 5.97. The number of rotatable bonds is 7. The maximum absolute atomic E-state index is 12.2. The van der Waals surface area contributed by atoms with Crippen molar-refractivity contribution in [3.05, 3.63) is 22.4 Å². The summed E-state index contributed by atoms with van der Waals surface area (Å²) in [6, 6.07) is 1.94. The molecule has 1 aliphatic rings. The van der Waals surface area contributed by atoms with Gasteiger partial charge in [0, 0.05) is 12.6 Å². The lowest BCUT2D eigenvalue weighted by Gasteiger charge is -2.19. The van der Waals surface area contributed by atoms with Crippen LogP contribution in [0.25, 0.3) is 0 Å². The molecule has 1 aliphatic heterocycles. The first kappa shape index (κ1) is 15.4. The number of amides is 1. The lowest BCUT2D eigenvalue weighted by atomic mass is 10.0. The van der Waals surface area contributed by atoms with Crippen LogP contribution in [0.15, 0.2) is 16.8 Å². The molecular formula is C14H22N2O3S. The molecule has 3 unspecified atom stereocenters. The minimum atomic E-state index is -0.644. The molecule has 6 heteroatoms. The first-order valence-electron chi connectivity index (χ1n) is 7.01. The van der Waals surface area contributed by atoms with Gasteiger partial charge in [-0.2, -0.15) is 11.3 Å². The Balaban J connectivity index is 1.79. The van der Waals surface area contributed by atoms with Gasteiger partial charge in [0.15, 0.2) is 0 Å². The zero-order valence-electron chi connectivity index (χ0n) is 11.7. The molecule has 0 spiro atoms. The highest BCUT2D eigenvalue weighted by molar-refractivity contribution is 7.07. The summed E-state index contributed by atoms with van der Waals surface area (Å²) in [5.41, 5.74) is 0.846. The van der Waals surface area contributed by atoms with E-state index >= 15 is 0 Å². The van der Waals surface area contributed by atoms with Gasteiger partial charge >= 0.3 is 0 Å². The van der Waals surface area contributed by atoms with Crippen molar-refractivity contribution in [2.45, 2.75) is 25.5 Å². The average Bonchev–Trinajstić information content (AvgIpc) is 3.12. The number of aliphatic hydroxyl groups excluding tert-OH is 1. The molecule has 1 saturated heterocycles. The van der Waals surface area contributed by atoms with Crippen LogP contribution >= 0.6 is 11.3 Å². The van der Waals surface area contributed by atoms with Crippen LogP contribution in [0.4, 0.5) is 0 Å². The summed E-state index contributed by atoms with van der Waals surface area (Å²) in [6.45, 7) is 4.24. The quantitative estimate of drug-likeness (QED) is 0.700. The van der Waals surface area contributed by atoms with Crippen LogP contribution in [-0.2, 0) is 9.53 Å². The summed E-state index contributed by atoms with van der Waals surface area (Å²) in [6.07, 6.45) is 0.386. The van der Waals surface area contributed by atoms with E-state index in [1.807, 2.05) is 16.8 Å². The van der Waals surface area contributed by atoms with Crippen molar-refractivity contribution in [1.82, 2.24) is 10.6 Å². The summed E-state index contributed by atoms with van der Waals surface area (Å²) < 4.78 is 5.38.